The first kappa shape index (κ1) is 15.2. The Morgan fingerprint density at radius 3 is 2.52 bits per heavy atom. The van der Waals surface area contributed by atoms with Gasteiger partial charge in [-0.05, 0) is 31.0 Å². The van der Waals surface area contributed by atoms with E-state index in [1.54, 1.807) is 12.1 Å². The van der Waals surface area contributed by atoms with Crippen LogP contribution in [0.25, 0.3) is 0 Å². The van der Waals surface area contributed by atoms with Crippen molar-refractivity contribution in [3.8, 4) is 0 Å². The van der Waals surface area contributed by atoms with Crippen molar-refractivity contribution in [3.05, 3.63) is 57.9 Å². The average molecular weight is 289 g/mol. The highest BCUT2D eigenvalue weighted by atomic mass is 19.1. The Bertz CT molecular complexity index is 649. The van der Waals surface area contributed by atoms with Crippen molar-refractivity contribution in [2.45, 2.75) is 39.2 Å². The molecule has 2 rings (SSSR count). The van der Waals surface area contributed by atoms with Crippen LogP contribution in [0.4, 0.5) is 10.2 Å². The van der Waals surface area contributed by atoms with Crippen LogP contribution < -0.4 is 10.9 Å². The lowest BCUT2D eigenvalue weighted by Crippen LogP contribution is -2.22. The number of nitrogens with zero attached hydrogens (tertiary/aromatic N) is 1. The fraction of sp³-hybridized carbons (Fsp3) is 0.375. The summed E-state index contributed by atoms with van der Waals surface area (Å²) in [6, 6.07) is 7.96. The molecule has 2 aromatic rings. The summed E-state index contributed by atoms with van der Waals surface area (Å²) in [5.41, 5.74) is 0.871. The minimum Gasteiger partial charge on any atom is -0.367 e. The lowest BCUT2D eigenvalue weighted by Gasteiger charge is -2.15. The van der Waals surface area contributed by atoms with Crippen LogP contribution in [0.1, 0.15) is 38.1 Å². The Labute approximate surface area is 123 Å². The van der Waals surface area contributed by atoms with Gasteiger partial charge in [0, 0.05) is 18.0 Å². The van der Waals surface area contributed by atoms with Crippen molar-refractivity contribution in [3.63, 3.8) is 0 Å². The summed E-state index contributed by atoms with van der Waals surface area (Å²) in [5, 5.41) is 3.22. The van der Waals surface area contributed by atoms with Crippen molar-refractivity contribution in [1.29, 1.82) is 0 Å². The Morgan fingerprint density at radius 2 is 1.90 bits per heavy atom. The second kappa shape index (κ2) is 6.52. The third kappa shape index (κ3) is 4.41. The summed E-state index contributed by atoms with van der Waals surface area (Å²) < 4.78 is 12.9. The fourth-order valence-electron chi connectivity index (χ4n) is 2.10. The van der Waals surface area contributed by atoms with E-state index in [0.717, 1.165) is 12.0 Å². The van der Waals surface area contributed by atoms with Gasteiger partial charge in [0.25, 0.3) is 5.56 Å². The predicted molar refractivity (Wildman–Crippen MR) is 82.1 cm³/mol. The molecule has 21 heavy (non-hydrogen) atoms. The topological polar surface area (TPSA) is 57.8 Å². The highest BCUT2D eigenvalue weighted by Crippen LogP contribution is 2.12. The Kier molecular flexibility index (Phi) is 4.73. The zero-order chi connectivity index (χ0) is 15.4. The van der Waals surface area contributed by atoms with E-state index in [4.69, 9.17) is 0 Å². The van der Waals surface area contributed by atoms with Crippen molar-refractivity contribution in [1.82, 2.24) is 9.97 Å². The van der Waals surface area contributed by atoms with Crippen LogP contribution in [0.3, 0.4) is 0 Å². The van der Waals surface area contributed by atoms with Crippen molar-refractivity contribution in [2.24, 2.45) is 0 Å². The van der Waals surface area contributed by atoms with E-state index in [1.165, 1.54) is 18.2 Å². The molecule has 2 N–H and O–H groups in total. The van der Waals surface area contributed by atoms with Gasteiger partial charge in [-0.15, -0.1) is 0 Å². The molecule has 0 aliphatic heterocycles. The lowest BCUT2D eigenvalue weighted by molar-refractivity contribution is 0.626. The van der Waals surface area contributed by atoms with Crippen LogP contribution in [0, 0.1) is 5.82 Å². The molecular formula is C16H20FN3O. The molecule has 0 aliphatic carbocycles. The number of anilines is 1. The number of hydrogen-bond donors (Lipinski definition) is 2. The van der Waals surface area contributed by atoms with Gasteiger partial charge in [-0.2, -0.15) is 0 Å². The van der Waals surface area contributed by atoms with Crippen molar-refractivity contribution < 1.29 is 4.39 Å². The van der Waals surface area contributed by atoms with E-state index in [-0.39, 0.29) is 23.3 Å². The number of benzene rings is 1. The van der Waals surface area contributed by atoms with Gasteiger partial charge >= 0.3 is 0 Å². The monoisotopic (exact) mass is 289 g/mol. The van der Waals surface area contributed by atoms with Gasteiger partial charge in [0.2, 0.25) is 0 Å². The van der Waals surface area contributed by atoms with Crippen LogP contribution in [-0.4, -0.2) is 16.0 Å². The second-order valence-corrected chi connectivity index (χ2v) is 5.55. The summed E-state index contributed by atoms with van der Waals surface area (Å²) >= 11 is 0. The summed E-state index contributed by atoms with van der Waals surface area (Å²) in [5.74, 6) is 1.15. The quantitative estimate of drug-likeness (QED) is 0.889. The number of nitrogens with one attached hydrogen (secondary N) is 2. The number of hydrogen-bond acceptors (Lipinski definition) is 3. The number of H-pyrrole nitrogens is 1. The molecule has 5 heteroatoms. The van der Waals surface area contributed by atoms with E-state index in [9.17, 15) is 9.18 Å². The fourth-order valence-corrected chi connectivity index (χ4v) is 2.10. The summed E-state index contributed by atoms with van der Waals surface area (Å²) in [7, 11) is 0. The van der Waals surface area contributed by atoms with Crippen molar-refractivity contribution in [2.75, 3.05) is 5.32 Å². The number of halogens is 1. The molecule has 1 heterocycles. The van der Waals surface area contributed by atoms with Crippen LogP contribution >= 0.6 is 0 Å². The molecule has 0 saturated carbocycles. The zero-order valence-corrected chi connectivity index (χ0v) is 12.5. The summed E-state index contributed by atoms with van der Waals surface area (Å²) in [6.45, 7) is 5.95. The van der Waals surface area contributed by atoms with Gasteiger partial charge in [0.15, 0.2) is 0 Å². The molecule has 0 aliphatic rings. The normalized spacial score (nSPS) is 12.4. The zero-order valence-electron chi connectivity index (χ0n) is 12.5. The third-order valence-electron chi connectivity index (χ3n) is 3.16. The molecule has 112 valence electrons. The van der Waals surface area contributed by atoms with Crippen LogP contribution in [0.2, 0.25) is 0 Å². The van der Waals surface area contributed by atoms with E-state index < -0.39 is 0 Å². The molecule has 1 aromatic carbocycles. The summed E-state index contributed by atoms with van der Waals surface area (Å²) in [6.07, 6.45) is 0.728. The number of aromatic nitrogens is 2. The predicted octanol–water partition coefficient (Wildman–Crippen LogP) is 3.08. The maximum absolute atomic E-state index is 12.9. The molecule has 0 bridgehead atoms. The second-order valence-electron chi connectivity index (χ2n) is 5.55. The van der Waals surface area contributed by atoms with E-state index in [1.807, 2.05) is 20.8 Å². The standard InChI is InChI=1S/C16H20FN3O/c1-10(2)16-19-14(9-15(21)20-16)18-11(3)8-12-4-6-13(17)7-5-12/h4-7,9-11H,8H2,1-3H3,(H2,18,19,20,21). The van der Waals surface area contributed by atoms with Gasteiger partial charge in [-0.25, -0.2) is 9.37 Å². The van der Waals surface area contributed by atoms with Gasteiger partial charge in [0.05, 0.1) is 0 Å². The minimum absolute atomic E-state index is 0.0878. The Hall–Kier alpha value is -2.17. The number of rotatable bonds is 5. The van der Waals surface area contributed by atoms with Crippen LogP contribution in [0.15, 0.2) is 35.1 Å². The lowest BCUT2D eigenvalue weighted by atomic mass is 10.1. The SMILES string of the molecule is CC(Cc1ccc(F)cc1)Nc1cc(=O)[nH]c(C(C)C)n1. The molecule has 0 amide bonds. The van der Waals surface area contributed by atoms with Gasteiger partial charge in [0.1, 0.15) is 17.5 Å². The first-order valence-electron chi connectivity index (χ1n) is 7.06. The smallest absolute Gasteiger partial charge is 0.252 e. The van der Waals surface area contributed by atoms with Crippen LogP contribution in [0.5, 0.6) is 0 Å². The molecule has 4 nitrogen and oxygen atoms in total. The molecule has 1 atom stereocenters. The highest BCUT2D eigenvalue weighted by molar-refractivity contribution is 5.35. The van der Waals surface area contributed by atoms with Gasteiger partial charge < -0.3 is 10.3 Å². The molecule has 0 radical (unpaired) electrons. The Morgan fingerprint density at radius 1 is 1.24 bits per heavy atom. The van der Waals surface area contributed by atoms with Crippen molar-refractivity contribution >= 4 is 5.82 Å². The molecule has 1 unspecified atom stereocenters. The largest absolute Gasteiger partial charge is 0.367 e. The number of aromatic amines is 1. The molecule has 0 saturated heterocycles. The molecule has 0 spiro atoms. The maximum atomic E-state index is 12.9. The van der Waals surface area contributed by atoms with Crippen LogP contribution in [-0.2, 0) is 6.42 Å². The van der Waals surface area contributed by atoms with E-state index in [0.29, 0.717) is 11.6 Å². The van der Waals surface area contributed by atoms with Gasteiger partial charge in [-0.3, -0.25) is 4.79 Å². The third-order valence-corrected chi connectivity index (χ3v) is 3.16. The summed E-state index contributed by atoms with van der Waals surface area (Å²) in [4.78, 5) is 18.7. The molecule has 0 fully saturated rings. The van der Waals surface area contributed by atoms with E-state index >= 15 is 0 Å². The first-order valence-corrected chi connectivity index (χ1v) is 7.06. The highest BCUT2D eigenvalue weighted by Gasteiger charge is 2.08. The molecular weight excluding hydrogens is 269 g/mol. The minimum atomic E-state index is -0.239. The average Bonchev–Trinajstić information content (AvgIpc) is 2.40. The first-order chi connectivity index (χ1) is 9.94. The Balaban J connectivity index is 2.07. The molecule has 1 aromatic heterocycles. The van der Waals surface area contributed by atoms with Gasteiger partial charge in [-0.1, -0.05) is 26.0 Å². The maximum Gasteiger partial charge on any atom is 0.252 e. The van der Waals surface area contributed by atoms with E-state index in [2.05, 4.69) is 15.3 Å².